The van der Waals surface area contributed by atoms with E-state index in [-0.39, 0.29) is 0 Å². The minimum Gasteiger partial charge on any atom is -0.282 e. The van der Waals surface area contributed by atoms with Gasteiger partial charge in [-0.15, -0.1) is 11.3 Å². The molecule has 27 heavy (non-hydrogen) atoms. The summed E-state index contributed by atoms with van der Waals surface area (Å²) in [7, 11) is 0. The lowest BCUT2D eigenvalue weighted by Crippen LogP contribution is -1.77. The van der Waals surface area contributed by atoms with E-state index in [0.717, 1.165) is 0 Å². The number of fused-ring (bicyclic) bond motifs is 7. The second kappa shape index (κ2) is 5.81. The predicted octanol–water partition coefficient (Wildman–Crippen LogP) is 8.03. The summed E-state index contributed by atoms with van der Waals surface area (Å²) < 4.78 is 5.04. The number of rotatable bonds is 1. The second-order valence-corrected chi connectivity index (χ2v) is 8.77. The number of nitrogens with zero attached hydrogens (tertiary/aromatic N) is 1. The summed E-state index contributed by atoms with van der Waals surface area (Å²) in [4.78, 5) is 0. The first-order chi connectivity index (χ1) is 13.3. The maximum atomic E-state index is 2.42. The van der Waals surface area contributed by atoms with Crippen LogP contribution in [0.15, 0.2) is 84.9 Å². The van der Waals surface area contributed by atoms with Gasteiger partial charge < -0.3 is 0 Å². The fourth-order valence-electron chi connectivity index (χ4n) is 4.11. The van der Waals surface area contributed by atoms with Gasteiger partial charge in [-0.1, -0.05) is 72.8 Å². The zero-order chi connectivity index (χ0) is 18.0. The molecule has 1 nitrogen and oxygen atoms in total. The van der Waals surface area contributed by atoms with Crippen molar-refractivity contribution in [3.05, 3.63) is 84.9 Å². The molecule has 0 aliphatic rings. The molecule has 2 aromatic heterocycles. The average Bonchev–Trinajstić information content (AvgIpc) is 3.25. The minimum atomic E-state index is 1.28. The van der Waals surface area contributed by atoms with E-state index in [2.05, 4.69) is 111 Å². The van der Waals surface area contributed by atoms with Gasteiger partial charge in [0.25, 0.3) is 0 Å². The van der Waals surface area contributed by atoms with Crippen molar-refractivity contribution in [1.29, 1.82) is 0 Å². The average molecular weight is 475 g/mol. The van der Waals surface area contributed by atoms with Gasteiger partial charge >= 0.3 is 0 Å². The van der Waals surface area contributed by atoms with Crippen LogP contribution >= 0.6 is 34.2 Å². The molecule has 0 fully saturated rings. The molecule has 0 bridgehead atoms. The molecule has 0 aliphatic carbocycles. The van der Waals surface area contributed by atoms with E-state index in [4.69, 9.17) is 0 Å². The molecule has 0 amide bonds. The number of para-hydroxylation sites is 1. The van der Waals surface area contributed by atoms with E-state index in [1.165, 1.54) is 53.1 Å². The molecule has 6 rings (SSSR count). The van der Waals surface area contributed by atoms with Crippen molar-refractivity contribution in [1.82, 2.24) is 2.78 Å². The standard InChI is InChI=1S/C24H14INS/c25-26-20-12-5-4-9-19(20)22-21(26)14-13-18-17-11-6-10-16(23(17)27-24(18)22)15-7-2-1-3-8-15/h1-14H. The SMILES string of the molecule is In1c2ccccc2c2c3sc4c(-c5ccccc5)cccc4c3ccc21. The molecule has 128 valence electrons. The molecule has 0 spiro atoms. The van der Waals surface area contributed by atoms with Crippen LogP contribution in [0.25, 0.3) is 53.1 Å². The number of hydrogen-bond acceptors (Lipinski definition) is 1. The molecule has 2 heterocycles. The van der Waals surface area contributed by atoms with Crippen LogP contribution in [0.3, 0.4) is 0 Å². The Morgan fingerprint density at radius 3 is 2.22 bits per heavy atom. The first-order valence-electron chi connectivity index (χ1n) is 8.92. The van der Waals surface area contributed by atoms with Crippen LogP contribution in [0.5, 0.6) is 0 Å². The molecular weight excluding hydrogens is 461 g/mol. The zero-order valence-corrected chi connectivity index (χ0v) is 17.3. The Bertz CT molecular complexity index is 1470. The summed E-state index contributed by atoms with van der Waals surface area (Å²) in [5.74, 6) is 0. The fourth-order valence-corrected chi connectivity index (χ4v) is 6.32. The first-order valence-corrected chi connectivity index (χ1v) is 10.7. The lowest BCUT2D eigenvalue weighted by molar-refractivity contribution is 1.50. The van der Waals surface area contributed by atoms with Crippen LogP contribution in [0.4, 0.5) is 0 Å². The summed E-state index contributed by atoms with van der Waals surface area (Å²) in [5, 5.41) is 5.41. The monoisotopic (exact) mass is 475 g/mol. The number of hydrogen-bond donors (Lipinski definition) is 0. The Morgan fingerprint density at radius 1 is 0.593 bits per heavy atom. The lowest BCUT2D eigenvalue weighted by atomic mass is 10.0. The van der Waals surface area contributed by atoms with Crippen molar-refractivity contribution in [2.75, 3.05) is 0 Å². The Morgan fingerprint density at radius 2 is 1.33 bits per heavy atom. The summed E-state index contributed by atoms with van der Waals surface area (Å²) in [6, 6.07) is 30.7. The lowest BCUT2D eigenvalue weighted by Gasteiger charge is -2.02. The molecule has 0 aliphatic heterocycles. The summed E-state index contributed by atoms with van der Waals surface area (Å²) in [5.41, 5.74) is 5.17. The highest BCUT2D eigenvalue weighted by atomic mass is 127. The Balaban J connectivity index is 1.82. The maximum absolute atomic E-state index is 2.42. The van der Waals surface area contributed by atoms with Gasteiger partial charge in [0.15, 0.2) is 0 Å². The van der Waals surface area contributed by atoms with Crippen molar-refractivity contribution in [2.24, 2.45) is 0 Å². The summed E-state index contributed by atoms with van der Waals surface area (Å²) in [6.07, 6.45) is 0. The Hall–Kier alpha value is -2.37. The van der Waals surface area contributed by atoms with Gasteiger partial charge in [0.05, 0.1) is 33.9 Å². The molecule has 3 heteroatoms. The highest BCUT2D eigenvalue weighted by Gasteiger charge is 2.16. The molecule has 0 radical (unpaired) electrons. The molecule has 6 aromatic rings. The second-order valence-electron chi connectivity index (χ2n) is 6.78. The maximum Gasteiger partial charge on any atom is 0.0646 e. The highest BCUT2D eigenvalue weighted by molar-refractivity contribution is 14.1. The quantitative estimate of drug-likeness (QED) is 0.212. The van der Waals surface area contributed by atoms with Crippen molar-refractivity contribution in [3.63, 3.8) is 0 Å². The normalized spacial score (nSPS) is 11.9. The zero-order valence-electron chi connectivity index (χ0n) is 14.3. The minimum absolute atomic E-state index is 1.28. The van der Waals surface area contributed by atoms with Gasteiger partial charge in [0.1, 0.15) is 0 Å². The van der Waals surface area contributed by atoms with Crippen LogP contribution in [0, 0.1) is 0 Å². The predicted molar refractivity (Wildman–Crippen MR) is 127 cm³/mol. The van der Waals surface area contributed by atoms with E-state index in [1.54, 1.807) is 0 Å². The van der Waals surface area contributed by atoms with Crippen molar-refractivity contribution in [2.45, 2.75) is 0 Å². The third-order valence-corrected chi connectivity index (χ3v) is 7.64. The van der Waals surface area contributed by atoms with E-state index in [0.29, 0.717) is 0 Å². The van der Waals surface area contributed by atoms with Gasteiger partial charge in [-0.2, -0.15) is 0 Å². The van der Waals surface area contributed by atoms with E-state index in [9.17, 15) is 0 Å². The smallest absolute Gasteiger partial charge is 0.0646 e. The van der Waals surface area contributed by atoms with Crippen molar-refractivity contribution < 1.29 is 0 Å². The van der Waals surface area contributed by atoms with Crippen LogP contribution in [-0.4, -0.2) is 2.78 Å². The largest absolute Gasteiger partial charge is 0.282 e. The Kier molecular flexibility index (Phi) is 3.37. The highest BCUT2D eigenvalue weighted by Crippen LogP contribution is 2.45. The van der Waals surface area contributed by atoms with Gasteiger partial charge in [-0.25, -0.2) is 0 Å². The van der Waals surface area contributed by atoms with Gasteiger partial charge in [-0.05, 0) is 23.3 Å². The molecule has 0 atom stereocenters. The number of benzene rings is 4. The van der Waals surface area contributed by atoms with Crippen LogP contribution in [0.1, 0.15) is 0 Å². The van der Waals surface area contributed by atoms with Crippen molar-refractivity contribution in [3.8, 4) is 11.1 Å². The summed E-state index contributed by atoms with van der Waals surface area (Å²) in [6.45, 7) is 0. The molecule has 0 unspecified atom stereocenters. The van der Waals surface area contributed by atoms with Crippen LogP contribution in [0.2, 0.25) is 0 Å². The van der Waals surface area contributed by atoms with Gasteiger partial charge in [-0.3, -0.25) is 2.78 Å². The first kappa shape index (κ1) is 15.7. The van der Waals surface area contributed by atoms with Crippen LogP contribution in [-0.2, 0) is 0 Å². The number of halogens is 1. The molecule has 0 N–H and O–H groups in total. The van der Waals surface area contributed by atoms with Crippen molar-refractivity contribution >= 4 is 76.2 Å². The van der Waals surface area contributed by atoms with E-state index < -0.39 is 0 Å². The Labute approximate surface area is 174 Å². The molecule has 0 saturated carbocycles. The third kappa shape index (κ3) is 2.15. The van der Waals surface area contributed by atoms with Gasteiger partial charge in [0.2, 0.25) is 0 Å². The van der Waals surface area contributed by atoms with Crippen LogP contribution < -0.4 is 0 Å². The topological polar surface area (TPSA) is 4.93 Å². The molecule has 4 aromatic carbocycles. The number of thiophene rings is 1. The molecular formula is C24H14INS. The summed E-state index contributed by atoms with van der Waals surface area (Å²) >= 11 is 4.34. The van der Waals surface area contributed by atoms with E-state index >= 15 is 0 Å². The van der Waals surface area contributed by atoms with Gasteiger partial charge in [0, 0.05) is 30.9 Å². The molecule has 0 saturated heterocycles. The third-order valence-electron chi connectivity index (χ3n) is 5.33. The fraction of sp³-hybridized carbons (Fsp3) is 0. The van der Waals surface area contributed by atoms with E-state index in [1.807, 2.05) is 11.3 Å². The number of aromatic nitrogens is 1.